The van der Waals surface area contributed by atoms with Crippen LogP contribution in [-0.2, 0) is 4.74 Å². The monoisotopic (exact) mass is 414 g/mol. The predicted octanol–water partition coefficient (Wildman–Crippen LogP) is 5.06. The number of hydrogen-bond donors (Lipinski definition) is 0. The van der Waals surface area contributed by atoms with E-state index in [1.165, 1.54) is 20.2 Å². The number of hydrogen-bond acceptors (Lipinski definition) is 6. The minimum atomic E-state index is -0.261. The Morgan fingerprint density at radius 1 is 0.900 bits per heavy atom. The van der Waals surface area contributed by atoms with Crippen molar-refractivity contribution < 1.29 is 9.15 Å². The lowest BCUT2D eigenvalue weighted by atomic mass is 10.0. The molecule has 1 aliphatic rings. The maximum absolute atomic E-state index is 12.8. The number of fused-ring (bicyclic) bond motifs is 4. The fourth-order valence-electron chi connectivity index (χ4n) is 4.09. The molecule has 0 saturated carbocycles. The van der Waals surface area contributed by atoms with Gasteiger partial charge in [-0.25, -0.2) is 0 Å². The molecule has 0 bridgehead atoms. The number of anilines is 1. The van der Waals surface area contributed by atoms with E-state index in [1.54, 1.807) is 11.3 Å². The number of aromatic nitrogens is 1. The Bertz CT molecular complexity index is 1460. The number of thiophene rings is 1. The Morgan fingerprint density at radius 2 is 1.73 bits per heavy atom. The van der Waals surface area contributed by atoms with Crippen LogP contribution < -0.4 is 10.5 Å². The van der Waals surface area contributed by atoms with Gasteiger partial charge in [0, 0.05) is 33.3 Å². The van der Waals surface area contributed by atoms with Crippen LogP contribution in [0.2, 0.25) is 0 Å². The summed E-state index contributed by atoms with van der Waals surface area (Å²) >= 11 is 1.78. The Morgan fingerprint density at radius 3 is 2.63 bits per heavy atom. The van der Waals surface area contributed by atoms with Gasteiger partial charge in [-0.1, -0.05) is 42.5 Å². The van der Waals surface area contributed by atoms with E-state index in [0.717, 1.165) is 11.1 Å². The van der Waals surface area contributed by atoms with Crippen molar-refractivity contribution >= 4 is 48.5 Å². The van der Waals surface area contributed by atoms with Crippen molar-refractivity contribution in [2.45, 2.75) is 0 Å². The first-order valence-corrected chi connectivity index (χ1v) is 10.8. The Kier molecular flexibility index (Phi) is 4.07. The highest BCUT2D eigenvalue weighted by Gasteiger charge is 2.18. The second-order valence-corrected chi connectivity index (χ2v) is 8.44. The molecule has 1 saturated heterocycles. The summed E-state index contributed by atoms with van der Waals surface area (Å²) in [7, 11) is 0. The fourth-order valence-corrected chi connectivity index (χ4v) is 5.32. The van der Waals surface area contributed by atoms with Gasteiger partial charge in [0.25, 0.3) is 5.56 Å². The third-order valence-electron chi connectivity index (χ3n) is 5.61. The highest BCUT2D eigenvalue weighted by atomic mass is 32.1. The average molecular weight is 414 g/mol. The minimum absolute atomic E-state index is 0.261. The van der Waals surface area contributed by atoms with E-state index in [4.69, 9.17) is 9.15 Å². The molecule has 1 aliphatic heterocycles. The van der Waals surface area contributed by atoms with E-state index in [9.17, 15) is 4.79 Å². The fraction of sp³-hybridized carbons (Fsp3) is 0.167. The van der Waals surface area contributed by atoms with E-state index >= 15 is 0 Å². The number of nitrogens with zero attached hydrogens (tertiary/aromatic N) is 2. The topological polar surface area (TPSA) is 55.6 Å². The van der Waals surface area contributed by atoms with Gasteiger partial charge in [-0.05, 0) is 29.3 Å². The summed E-state index contributed by atoms with van der Waals surface area (Å²) in [5.41, 5.74) is 2.41. The van der Waals surface area contributed by atoms with Crippen molar-refractivity contribution in [1.82, 2.24) is 4.98 Å². The van der Waals surface area contributed by atoms with Crippen LogP contribution >= 0.6 is 11.3 Å². The molecule has 0 spiro atoms. The zero-order valence-electron chi connectivity index (χ0n) is 16.1. The van der Waals surface area contributed by atoms with Gasteiger partial charge in [0.1, 0.15) is 5.58 Å². The lowest BCUT2D eigenvalue weighted by molar-refractivity contribution is 0.120. The van der Waals surface area contributed by atoms with E-state index in [1.807, 2.05) is 23.1 Å². The van der Waals surface area contributed by atoms with Crippen LogP contribution in [0.15, 0.2) is 69.9 Å². The molecule has 30 heavy (non-hydrogen) atoms. The van der Waals surface area contributed by atoms with Crippen molar-refractivity contribution in [3.63, 3.8) is 0 Å². The van der Waals surface area contributed by atoms with Crippen molar-refractivity contribution in [3.05, 3.63) is 71.0 Å². The molecule has 2 aromatic heterocycles. The van der Waals surface area contributed by atoms with Gasteiger partial charge in [0.05, 0.1) is 18.6 Å². The van der Waals surface area contributed by atoms with Crippen molar-refractivity contribution in [1.29, 1.82) is 0 Å². The molecule has 1 fully saturated rings. The SMILES string of the molecule is O=c1nc(N2CCOCC2)oc2ccc(-c3cccc4c3sc3ccccc34)cc12. The Balaban J connectivity index is 1.50. The summed E-state index contributed by atoms with van der Waals surface area (Å²) in [5, 5.41) is 3.00. The van der Waals surface area contributed by atoms with Crippen LogP contribution in [0.5, 0.6) is 0 Å². The standard InChI is InChI=1S/C24H18N2O3S/c27-23-19-14-15(8-9-20(19)29-24(25-23)26-10-12-28-13-11-26)16-5-3-6-18-17-4-1-2-7-21(17)30-22(16)18/h1-9,14H,10-13H2. The maximum atomic E-state index is 12.8. The second kappa shape index (κ2) is 6.93. The zero-order valence-corrected chi connectivity index (χ0v) is 16.9. The van der Waals surface area contributed by atoms with E-state index < -0.39 is 0 Å². The highest BCUT2D eigenvalue weighted by molar-refractivity contribution is 7.26. The first-order chi connectivity index (χ1) is 14.8. The molecule has 5 aromatic rings. The second-order valence-electron chi connectivity index (χ2n) is 7.39. The van der Waals surface area contributed by atoms with Gasteiger partial charge in [0.2, 0.25) is 0 Å². The molecule has 0 amide bonds. The lowest BCUT2D eigenvalue weighted by Gasteiger charge is -2.25. The smallest absolute Gasteiger partial charge is 0.301 e. The quantitative estimate of drug-likeness (QED) is 0.404. The molecule has 0 unspecified atom stereocenters. The maximum Gasteiger partial charge on any atom is 0.301 e. The Labute approximate surface area is 176 Å². The molecule has 3 heterocycles. The molecular weight excluding hydrogens is 396 g/mol. The molecule has 0 atom stereocenters. The third kappa shape index (κ3) is 2.80. The minimum Gasteiger partial charge on any atom is -0.425 e. The summed E-state index contributed by atoms with van der Waals surface area (Å²) in [6.07, 6.45) is 0. The van der Waals surface area contributed by atoms with Gasteiger partial charge in [0.15, 0.2) is 0 Å². The Hall–Kier alpha value is -3.22. The van der Waals surface area contributed by atoms with E-state index in [0.29, 0.717) is 43.3 Å². The van der Waals surface area contributed by atoms with E-state index in [2.05, 4.69) is 47.4 Å². The van der Waals surface area contributed by atoms with E-state index in [-0.39, 0.29) is 5.56 Å². The third-order valence-corrected chi connectivity index (χ3v) is 6.83. The molecule has 5 nitrogen and oxygen atoms in total. The number of ether oxygens (including phenoxy) is 1. The normalized spacial score (nSPS) is 14.7. The van der Waals surface area contributed by atoms with Crippen molar-refractivity contribution in [2.75, 3.05) is 31.2 Å². The van der Waals surface area contributed by atoms with Gasteiger partial charge in [-0.2, -0.15) is 4.98 Å². The predicted molar refractivity (Wildman–Crippen MR) is 122 cm³/mol. The van der Waals surface area contributed by atoms with Crippen LogP contribution in [0.25, 0.3) is 42.3 Å². The summed E-state index contributed by atoms with van der Waals surface area (Å²) in [6, 6.07) is 20.9. The number of benzene rings is 3. The van der Waals surface area contributed by atoms with Crippen LogP contribution in [0, 0.1) is 0 Å². The van der Waals surface area contributed by atoms with Gasteiger partial charge in [-0.3, -0.25) is 4.79 Å². The molecule has 3 aromatic carbocycles. The zero-order chi connectivity index (χ0) is 20.1. The summed E-state index contributed by atoms with van der Waals surface area (Å²) in [4.78, 5) is 19.0. The molecule has 148 valence electrons. The van der Waals surface area contributed by atoms with Gasteiger partial charge >= 0.3 is 6.01 Å². The summed E-state index contributed by atoms with van der Waals surface area (Å²) in [6.45, 7) is 2.57. The van der Waals surface area contributed by atoms with Crippen LogP contribution in [0.4, 0.5) is 6.01 Å². The number of rotatable bonds is 2. The molecule has 6 rings (SSSR count). The van der Waals surface area contributed by atoms with Gasteiger partial charge in [-0.15, -0.1) is 11.3 Å². The lowest BCUT2D eigenvalue weighted by Crippen LogP contribution is -2.37. The van der Waals surface area contributed by atoms with Crippen molar-refractivity contribution in [3.8, 4) is 11.1 Å². The average Bonchev–Trinajstić information content (AvgIpc) is 3.18. The van der Waals surface area contributed by atoms with Crippen LogP contribution in [0.3, 0.4) is 0 Å². The molecule has 0 N–H and O–H groups in total. The largest absolute Gasteiger partial charge is 0.425 e. The molecule has 0 radical (unpaired) electrons. The molecular formula is C24H18N2O3S. The summed E-state index contributed by atoms with van der Waals surface area (Å²) in [5.74, 6) is 0. The highest BCUT2D eigenvalue weighted by Crippen LogP contribution is 2.40. The summed E-state index contributed by atoms with van der Waals surface area (Å²) < 4.78 is 13.8. The molecule has 6 heteroatoms. The van der Waals surface area contributed by atoms with Crippen LogP contribution in [-0.4, -0.2) is 31.3 Å². The van der Waals surface area contributed by atoms with Crippen LogP contribution in [0.1, 0.15) is 0 Å². The molecule has 0 aliphatic carbocycles. The van der Waals surface area contributed by atoms with Gasteiger partial charge < -0.3 is 14.1 Å². The van der Waals surface area contributed by atoms with Crippen molar-refractivity contribution in [2.24, 2.45) is 0 Å². The first-order valence-electron chi connectivity index (χ1n) is 9.96. The first kappa shape index (κ1) is 17.6. The number of morpholine rings is 1.